The van der Waals surface area contributed by atoms with Crippen molar-refractivity contribution in [3.8, 4) is 11.1 Å². The van der Waals surface area contributed by atoms with Crippen LogP contribution < -0.4 is 5.56 Å². The summed E-state index contributed by atoms with van der Waals surface area (Å²) in [6.07, 6.45) is 1.92. The van der Waals surface area contributed by atoms with Crippen LogP contribution in [0.2, 0.25) is 0 Å². The van der Waals surface area contributed by atoms with Crippen LogP contribution >= 0.6 is 0 Å². The van der Waals surface area contributed by atoms with Gasteiger partial charge in [-0.25, -0.2) is 4.98 Å². The fourth-order valence-electron chi connectivity index (χ4n) is 3.25. The van der Waals surface area contributed by atoms with E-state index in [0.717, 1.165) is 11.1 Å². The van der Waals surface area contributed by atoms with Crippen molar-refractivity contribution >= 4 is 5.91 Å². The van der Waals surface area contributed by atoms with E-state index >= 15 is 0 Å². The summed E-state index contributed by atoms with van der Waals surface area (Å²) in [5, 5.41) is 0. The van der Waals surface area contributed by atoms with E-state index in [0.29, 0.717) is 36.3 Å². The highest BCUT2D eigenvalue weighted by Gasteiger charge is 2.25. The molecule has 2 aromatic carbocycles. The standard InChI is InChI=1S/C20H17N3O2/c24-19-17-10-11-23(12-18(17)21-13-22-19)20(25)16-9-5-4-8-15(16)14-6-2-1-3-7-14/h1-9,13H,10-12H2,(H,21,22,24). The molecule has 5 heteroatoms. The van der Waals surface area contributed by atoms with Crippen molar-refractivity contribution in [3.63, 3.8) is 0 Å². The molecule has 0 spiro atoms. The summed E-state index contributed by atoms with van der Waals surface area (Å²) >= 11 is 0. The van der Waals surface area contributed by atoms with Gasteiger partial charge in [0.25, 0.3) is 11.5 Å². The number of nitrogens with one attached hydrogen (secondary N) is 1. The van der Waals surface area contributed by atoms with Gasteiger partial charge in [-0.3, -0.25) is 9.59 Å². The van der Waals surface area contributed by atoms with Crippen LogP contribution in [0.5, 0.6) is 0 Å². The quantitative estimate of drug-likeness (QED) is 0.785. The van der Waals surface area contributed by atoms with Crippen LogP contribution in [0.1, 0.15) is 21.6 Å². The molecule has 0 atom stereocenters. The summed E-state index contributed by atoms with van der Waals surface area (Å²) in [6, 6.07) is 17.5. The van der Waals surface area contributed by atoms with Gasteiger partial charge < -0.3 is 9.88 Å². The number of hydrogen-bond acceptors (Lipinski definition) is 3. The van der Waals surface area contributed by atoms with Crippen LogP contribution in [-0.2, 0) is 13.0 Å². The largest absolute Gasteiger partial charge is 0.332 e. The number of nitrogens with zero attached hydrogens (tertiary/aromatic N) is 2. The molecule has 1 amide bonds. The van der Waals surface area contributed by atoms with Crippen molar-refractivity contribution in [3.05, 3.63) is 88.1 Å². The number of H-pyrrole nitrogens is 1. The summed E-state index contributed by atoms with van der Waals surface area (Å²) in [7, 11) is 0. The average molecular weight is 331 g/mol. The normalized spacial score (nSPS) is 13.4. The Morgan fingerprint density at radius 3 is 2.64 bits per heavy atom. The molecule has 5 nitrogen and oxygen atoms in total. The maximum atomic E-state index is 13.1. The number of benzene rings is 2. The molecule has 0 aliphatic carbocycles. The van der Waals surface area contributed by atoms with Crippen LogP contribution in [0.4, 0.5) is 0 Å². The molecular weight excluding hydrogens is 314 g/mol. The Morgan fingerprint density at radius 2 is 1.80 bits per heavy atom. The van der Waals surface area contributed by atoms with Gasteiger partial charge in [0, 0.05) is 17.7 Å². The molecule has 4 rings (SSSR count). The van der Waals surface area contributed by atoms with Crippen LogP contribution in [0, 0.1) is 0 Å². The van der Waals surface area contributed by atoms with E-state index in [2.05, 4.69) is 9.97 Å². The van der Waals surface area contributed by atoms with Crippen molar-refractivity contribution in [2.75, 3.05) is 6.54 Å². The smallest absolute Gasteiger partial charge is 0.254 e. The average Bonchev–Trinajstić information content (AvgIpc) is 2.68. The Labute approximate surface area is 145 Å². The topological polar surface area (TPSA) is 66.1 Å². The number of carbonyl (C=O) groups excluding carboxylic acids is 1. The number of rotatable bonds is 2. The van der Waals surface area contributed by atoms with Crippen molar-refractivity contribution in [2.24, 2.45) is 0 Å². The fourth-order valence-corrected chi connectivity index (χ4v) is 3.25. The van der Waals surface area contributed by atoms with Gasteiger partial charge >= 0.3 is 0 Å². The minimum absolute atomic E-state index is 0.0350. The first-order valence-electron chi connectivity index (χ1n) is 8.23. The molecule has 0 bridgehead atoms. The van der Waals surface area contributed by atoms with Crippen LogP contribution in [-0.4, -0.2) is 27.3 Å². The summed E-state index contributed by atoms with van der Waals surface area (Å²) in [5.41, 5.74) is 3.85. The van der Waals surface area contributed by atoms with Crippen LogP contribution in [0.25, 0.3) is 11.1 Å². The predicted octanol–water partition coefficient (Wildman–Crippen LogP) is 2.64. The Bertz CT molecular complexity index is 979. The van der Waals surface area contributed by atoms with Crippen LogP contribution in [0.3, 0.4) is 0 Å². The molecule has 0 saturated carbocycles. The monoisotopic (exact) mass is 331 g/mol. The maximum Gasteiger partial charge on any atom is 0.254 e. The molecule has 2 heterocycles. The second-order valence-corrected chi connectivity index (χ2v) is 6.05. The first-order valence-corrected chi connectivity index (χ1v) is 8.23. The molecular formula is C20H17N3O2. The Balaban J connectivity index is 1.68. The molecule has 3 aromatic rings. The first-order chi connectivity index (χ1) is 12.2. The van der Waals surface area contributed by atoms with Gasteiger partial charge in [0.1, 0.15) is 0 Å². The third-order valence-corrected chi connectivity index (χ3v) is 4.54. The SMILES string of the molecule is O=C(c1ccccc1-c1ccccc1)N1CCc2c(nc[nH]c2=O)C1. The Hall–Kier alpha value is -3.21. The van der Waals surface area contributed by atoms with E-state index in [1.165, 1.54) is 6.33 Å². The number of aromatic amines is 1. The number of amides is 1. The van der Waals surface area contributed by atoms with Gasteiger partial charge in [0.05, 0.1) is 18.6 Å². The van der Waals surface area contributed by atoms with Crippen molar-refractivity contribution in [1.29, 1.82) is 0 Å². The second-order valence-electron chi connectivity index (χ2n) is 6.05. The summed E-state index contributed by atoms with van der Waals surface area (Å²) in [4.78, 5) is 33.5. The van der Waals surface area contributed by atoms with Gasteiger partial charge in [0.15, 0.2) is 0 Å². The third-order valence-electron chi connectivity index (χ3n) is 4.54. The molecule has 25 heavy (non-hydrogen) atoms. The van der Waals surface area contributed by atoms with Gasteiger partial charge in [-0.15, -0.1) is 0 Å². The summed E-state index contributed by atoms with van der Waals surface area (Å²) in [6.45, 7) is 0.880. The minimum Gasteiger partial charge on any atom is -0.332 e. The lowest BCUT2D eigenvalue weighted by Crippen LogP contribution is -2.39. The Morgan fingerprint density at radius 1 is 1.04 bits per heavy atom. The maximum absolute atomic E-state index is 13.1. The van der Waals surface area contributed by atoms with Crippen LogP contribution in [0.15, 0.2) is 65.7 Å². The van der Waals surface area contributed by atoms with Crippen molar-refractivity contribution in [1.82, 2.24) is 14.9 Å². The van der Waals surface area contributed by atoms with E-state index in [4.69, 9.17) is 0 Å². The molecule has 124 valence electrons. The highest BCUT2D eigenvalue weighted by Crippen LogP contribution is 2.26. The highest BCUT2D eigenvalue weighted by atomic mass is 16.2. The van der Waals surface area contributed by atoms with E-state index in [9.17, 15) is 9.59 Å². The fraction of sp³-hybridized carbons (Fsp3) is 0.150. The lowest BCUT2D eigenvalue weighted by Gasteiger charge is -2.28. The number of aromatic nitrogens is 2. The molecule has 1 aliphatic rings. The van der Waals surface area contributed by atoms with E-state index in [1.54, 1.807) is 4.90 Å². The first kappa shape index (κ1) is 15.3. The minimum atomic E-state index is -0.109. The van der Waals surface area contributed by atoms with Gasteiger partial charge in [0.2, 0.25) is 0 Å². The summed E-state index contributed by atoms with van der Waals surface area (Å²) < 4.78 is 0. The van der Waals surface area contributed by atoms with Crippen molar-refractivity contribution in [2.45, 2.75) is 13.0 Å². The van der Waals surface area contributed by atoms with Gasteiger partial charge in [-0.05, 0) is 23.6 Å². The number of fused-ring (bicyclic) bond motifs is 1. The zero-order chi connectivity index (χ0) is 17.2. The second kappa shape index (κ2) is 6.36. The van der Waals surface area contributed by atoms with E-state index in [1.807, 2.05) is 54.6 Å². The molecule has 0 unspecified atom stereocenters. The predicted molar refractivity (Wildman–Crippen MR) is 95.2 cm³/mol. The number of hydrogen-bond donors (Lipinski definition) is 1. The van der Waals surface area contributed by atoms with Crippen molar-refractivity contribution < 1.29 is 4.79 Å². The lowest BCUT2D eigenvalue weighted by atomic mass is 9.98. The lowest BCUT2D eigenvalue weighted by molar-refractivity contribution is 0.0732. The molecule has 0 saturated heterocycles. The molecule has 1 aromatic heterocycles. The molecule has 0 radical (unpaired) electrons. The Kier molecular flexibility index (Phi) is 3.90. The zero-order valence-corrected chi connectivity index (χ0v) is 13.6. The van der Waals surface area contributed by atoms with E-state index in [-0.39, 0.29) is 11.5 Å². The zero-order valence-electron chi connectivity index (χ0n) is 13.6. The molecule has 1 aliphatic heterocycles. The molecule has 1 N–H and O–H groups in total. The highest BCUT2D eigenvalue weighted by molar-refractivity contribution is 6.01. The third kappa shape index (κ3) is 2.85. The van der Waals surface area contributed by atoms with Gasteiger partial charge in [-0.1, -0.05) is 48.5 Å². The molecule has 0 fully saturated rings. The number of carbonyl (C=O) groups is 1. The van der Waals surface area contributed by atoms with Gasteiger partial charge in [-0.2, -0.15) is 0 Å². The summed E-state index contributed by atoms with van der Waals surface area (Å²) in [5.74, 6) is -0.0350. The van der Waals surface area contributed by atoms with E-state index < -0.39 is 0 Å².